The van der Waals surface area contributed by atoms with Gasteiger partial charge >= 0.3 is 17.9 Å². The summed E-state index contributed by atoms with van der Waals surface area (Å²) < 4.78 is 0. The molecule has 21 heteroatoms. The van der Waals surface area contributed by atoms with Crippen molar-refractivity contribution >= 4 is 59.3 Å². The Labute approximate surface area is 261 Å². The first-order chi connectivity index (χ1) is 21.3. The number of hydrogen-bond acceptors (Lipinski definition) is 11. The predicted octanol–water partition coefficient (Wildman–Crippen LogP) is -5.40. The van der Waals surface area contributed by atoms with Gasteiger partial charge in [0.1, 0.15) is 24.2 Å². The maximum atomic E-state index is 12.8. The quantitative estimate of drug-likeness (QED) is 0.0516. The van der Waals surface area contributed by atoms with Gasteiger partial charge in [0.2, 0.25) is 41.4 Å². The van der Waals surface area contributed by atoms with Crippen LogP contribution >= 0.6 is 0 Å². The van der Waals surface area contributed by atoms with Crippen LogP contribution < -0.4 is 43.4 Å². The Hall–Kier alpha value is -5.34. The van der Waals surface area contributed by atoms with Crippen molar-refractivity contribution in [1.29, 1.82) is 0 Å². The van der Waals surface area contributed by atoms with Gasteiger partial charge in [-0.15, -0.1) is 0 Å². The molecule has 0 aliphatic heterocycles. The molecule has 0 aliphatic rings. The molecule has 13 N–H and O–H groups in total. The maximum absolute atomic E-state index is 12.8. The van der Waals surface area contributed by atoms with Gasteiger partial charge < -0.3 is 58.7 Å². The molecule has 0 aromatic rings. The van der Waals surface area contributed by atoms with Crippen LogP contribution in [-0.2, 0) is 47.9 Å². The highest BCUT2D eigenvalue weighted by atomic mass is 16.4. The van der Waals surface area contributed by atoms with Crippen molar-refractivity contribution in [3.8, 4) is 0 Å². The van der Waals surface area contributed by atoms with E-state index in [2.05, 4.69) is 31.9 Å². The molecule has 0 bridgehead atoms. The average molecular weight is 661 g/mol. The molecule has 0 aromatic carbocycles. The minimum atomic E-state index is -1.52. The number of nitrogens with two attached hydrogens (primary N) is 2. The molecule has 0 rings (SSSR count). The second kappa shape index (κ2) is 20.6. The standard InChI is InChI=1S/C25H40N8O13/c1-11(26)21(41)31-14(4-7-19(37)38)24(44)32-13(3-6-16(27)34)23(43)29-9-17(35)28-10-18(36)30-12(2)22(42)33-15(25(45)46)5-8-20(39)40/h11-15H,3-10,26H2,1-2H3,(H2,27,34)(H,28,35)(H,29,43)(H,30,36)(H,31,41)(H,32,44)(H,33,42)(H,37,38)(H,39,40)(H,45,46)/t11-,12-,13-,14-,15-/m0/s1. The minimum Gasteiger partial charge on any atom is -0.481 e. The van der Waals surface area contributed by atoms with Crippen LogP contribution in [-0.4, -0.2) is 118 Å². The van der Waals surface area contributed by atoms with Gasteiger partial charge in [0, 0.05) is 19.3 Å². The topological polar surface area (TPSA) is 356 Å². The van der Waals surface area contributed by atoms with Gasteiger partial charge in [-0.25, -0.2) is 4.79 Å². The molecule has 0 saturated carbocycles. The normalized spacial score (nSPS) is 13.7. The summed E-state index contributed by atoms with van der Waals surface area (Å²) in [5.74, 6) is -10.3. The Kier molecular flexibility index (Phi) is 18.2. The first kappa shape index (κ1) is 40.7. The van der Waals surface area contributed by atoms with Crippen molar-refractivity contribution in [2.24, 2.45) is 11.5 Å². The minimum absolute atomic E-state index is 0.331. The van der Waals surface area contributed by atoms with E-state index in [1.54, 1.807) is 0 Å². The molecule has 0 heterocycles. The molecule has 5 atom stereocenters. The van der Waals surface area contributed by atoms with E-state index in [9.17, 15) is 47.9 Å². The molecule has 0 fully saturated rings. The van der Waals surface area contributed by atoms with Crippen LogP contribution in [0.2, 0.25) is 0 Å². The van der Waals surface area contributed by atoms with E-state index in [-0.39, 0.29) is 19.3 Å². The summed E-state index contributed by atoms with van der Waals surface area (Å²) in [6.45, 7) is 1.12. The first-order valence-electron chi connectivity index (χ1n) is 13.8. The smallest absolute Gasteiger partial charge is 0.326 e. The molecular formula is C25H40N8O13. The SMILES string of the molecule is C[C@H](N)C(=O)N[C@@H](CCC(=O)O)C(=O)N[C@@H](CCC(N)=O)C(=O)NCC(=O)NCC(=O)N[C@@H](C)C(=O)N[C@@H](CCC(=O)O)C(=O)O. The van der Waals surface area contributed by atoms with E-state index in [1.807, 2.05) is 0 Å². The monoisotopic (exact) mass is 660 g/mol. The number of carbonyl (C=O) groups excluding carboxylic acids is 7. The van der Waals surface area contributed by atoms with Crippen molar-refractivity contribution in [2.45, 2.75) is 82.6 Å². The van der Waals surface area contributed by atoms with E-state index in [1.165, 1.54) is 13.8 Å². The molecule has 0 radical (unpaired) electrons. The number of hydrogen-bond donors (Lipinski definition) is 11. The van der Waals surface area contributed by atoms with Gasteiger partial charge in [-0.2, -0.15) is 0 Å². The molecule has 7 amide bonds. The second-order valence-electron chi connectivity index (χ2n) is 9.96. The lowest BCUT2D eigenvalue weighted by Gasteiger charge is -2.23. The van der Waals surface area contributed by atoms with Crippen molar-refractivity contribution in [3.05, 3.63) is 0 Å². The van der Waals surface area contributed by atoms with Crippen LogP contribution in [0.5, 0.6) is 0 Å². The third-order valence-corrected chi connectivity index (χ3v) is 5.91. The molecule has 258 valence electrons. The molecule has 0 spiro atoms. The lowest BCUT2D eigenvalue weighted by molar-refractivity contribution is -0.143. The highest BCUT2D eigenvalue weighted by molar-refractivity contribution is 5.95. The van der Waals surface area contributed by atoms with Gasteiger partial charge in [0.05, 0.1) is 19.1 Å². The van der Waals surface area contributed by atoms with Gasteiger partial charge in [-0.3, -0.25) is 43.2 Å². The fourth-order valence-electron chi connectivity index (χ4n) is 3.38. The molecule has 0 aliphatic carbocycles. The van der Waals surface area contributed by atoms with Crippen molar-refractivity contribution in [2.75, 3.05) is 13.1 Å². The van der Waals surface area contributed by atoms with Gasteiger partial charge in [0.25, 0.3) is 0 Å². The third-order valence-electron chi connectivity index (χ3n) is 5.91. The molecule has 0 saturated heterocycles. The van der Waals surface area contributed by atoms with E-state index >= 15 is 0 Å². The Balaban J connectivity index is 5.11. The third kappa shape index (κ3) is 17.7. The van der Waals surface area contributed by atoms with E-state index in [0.717, 1.165) is 0 Å². The maximum Gasteiger partial charge on any atom is 0.326 e. The predicted molar refractivity (Wildman–Crippen MR) is 153 cm³/mol. The zero-order valence-electron chi connectivity index (χ0n) is 25.1. The number of carboxylic acid groups (broad SMARTS) is 3. The summed E-state index contributed by atoms with van der Waals surface area (Å²) >= 11 is 0. The van der Waals surface area contributed by atoms with Gasteiger partial charge in [-0.05, 0) is 33.1 Å². The van der Waals surface area contributed by atoms with Crippen LogP contribution in [0.4, 0.5) is 0 Å². The lowest BCUT2D eigenvalue weighted by Crippen LogP contribution is -2.56. The zero-order chi connectivity index (χ0) is 35.6. The Morgan fingerprint density at radius 2 is 1.02 bits per heavy atom. The summed E-state index contributed by atoms with van der Waals surface area (Å²) in [4.78, 5) is 118. The summed E-state index contributed by atoms with van der Waals surface area (Å²) in [5.41, 5.74) is 10.6. The number of primary amides is 1. The number of aliphatic carboxylic acids is 3. The van der Waals surface area contributed by atoms with Crippen LogP contribution in [0.3, 0.4) is 0 Å². The fraction of sp³-hybridized carbons (Fsp3) is 0.600. The average Bonchev–Trinajstić information content (AvgIpc) is 2.95. The molecule has 0 unspecified atom stereocenters. The highest BCUT2D eigenvalue weighted by Gasteiger charge is 2.29. The number of carboxylic acids is 3. The lowest BCUT2D eigenvalue weighted by atomic mass is 10.1. The van der Waals surface area contributed by atoms with Gasteiger partial charge in [-0.1, -0.05) is 0 Å². The summed E-state index contributed by atoms with van der Waals surface area (Å²) in [5, 5.41) is 39.9. The van der Waals surface area contributed by atoms with E-state index in [4.69, 9.17) is 26.8 Å². The summed E-state index contributed by atoms with van der Waals surface area (Å²) in [6, 6.07) is -6.71. The molecule has 21 nitrogen and oxygen atoms in total. The van der Waals surface area contributed by atoms with Crippen molar-refractivity contribution in [1.82, 2.24) is 31.9 Å². The number of carbonyl (C=O) groups is 10. The first-order valence-corrected chi connectivity index (χ1v) is 13.8. The fourth-order valence-corrected chi connectivity index (χ4v) is 3.38. The highest BCUT2D eigenvalue weighted by Crippen LogP contribution is 2.04. The largest absolute Gasteiger partial charge is 0.481 e. The summed E-state index contributed by atoms with van der Waals surface area (Å²) in [6.07, 6.45) is -2.53. The van der Waals surface area contributed by atoms with Crippen LogP contribution in [0, 0.1) is 0 Å². The molecular weight excluding hydrogens is 620 g/mol. The number of amides is 7. The number of rotatable bonds is 22. The van der Waals surface area contributed by atoms with Crippen LogP contribution in [0.15, 0.2) is 0 Å². The van der Waals surface area contributed by atoms with Crippen LogP contribution in [0.1, 0.15) is 52.4 Å². The Morgan fingerprint density at radius 1 is 0.565 bits per heavy atom. The van der Waals surface area contributed by atoms with Crippen molar-refractivity contribution < 1.29 is 63.3 Å². The van der Waals surface area contributed by atoms with Crippen molar-refractivity contribution in [3.63, 3.8) is 0 Å². The zero-order valence-corrected chi connectivity index (χ0v) is 25.1. The van der Waals surface area contributed by atoms with E-state index < -0.39 is 122 Å². The van der Waals surface area contributed by atoms with Crippen LogP contribution in [0.25, 0.3) is 0 Å². The Morgan fingerprint density at radius 3 is 1.52 bits per heavy atom. The Bertz CT molecular complexity index is 1180. The second-order valence-corrected chi connectivity index (χ2v) is 9.96. The summed E-state index contributed by atoms with van der Waals surface area (Å²) in [7, 11) is 0. The number of nitrogens with one attached hydrogen (secondary N) is 6. The van der Waals surface area contributed by atoms with E-state index in [0.29, 0.717) is 0 Å². The molecule has 46 heavy (non-hydrogen) atoms. The van der Waals surface area contributed by atoms with Gasteiger partial charge in [0.15, 0.2) is 0 Å². The molecule has 0 aromatic heterocycles.